The van der Waals surface area contributed by atoms with E-state index < -0.39 is 6.10 Å². The van der Waals surface area contributed by atoms with E-state index in [1.54, 1.807) is 6.26 Å². The van der Waals surface area contributed by atoms with Crippen LogP contribution in [0.3, 0.4) is 0 Å². The highest BCUT2D eigenvalue weighted by molar-refractivity contribution is 5.94. The van der Waals surface area contributed by atoms with Crippen LogP contribution in [0.5, 0.6) is 0 Å². The molecule has 4 aliphatic rings. The summed E-state index contributed by atoms with van der Waals surface area (Å²) in [5, 5.41) is 0. The zero-order chi connectivity index (χ0) is 14.1. The Morgan fingerprint density at radius 1 is 1.30 bits per heavy atom. The lowest BCUT2D eigenvalue weighted by atomic mass is 9.60. The number of ether oxygens (including phenoxy) is 3. The zero-order valence-corrected chi connectivity index (χ0v) is 11.0. The third kappa shape index (κ3) is 1.27. The summed E-state index contributed by atoms with van der Waals surface area (Å²) in [6, 6.07) is 0. The minimum absolute atomic E-state index is 0.124. The molecule has 1 aliphatic carbocycles. The molecule has 20 heavy (non-hydrogen) atoms. The van der Waals surface area contributed by atoms with Gasteiger partial charge in [0.25, 0.3) is 0 Å². The maximum Gasteiger partial charge on any atom is 0.337 e. The molecule has 5 atom stereocenters. The van der Waals surface area contributed by atoms with Crippen molar-refractivity contribution in [2.24, 2.45) is 17.3 Å². The van der Waals surface area contributed by atoms with Crippen LogP contribution in [0.25, 0.3) is 0 Å². The van der Waals surface area contributed by atoms with Crippen molar-refractivity contribution in [3.63, 3.8) is 0 Å². The van der Waals surface area contributed by atoms with Crippen LogP contribution in [0.15, 0.2) is 36.3 Å². The molecule has 3 heterocycles. The van der Waals surface area contributed by atoms with Crippen molar-refractivity contribution in [3.05, 3.63) is 36.3 Å². The topological polar surface area (TPSA) is 61.8 Å². The molecule has 0 bridgehead atoms. The number of fused-ring (bicyclic) bond motifs is 2. The highest BCUT2D eigenvalue weighted by Crippen LogP contribution is 2.57. The summed E-state index contributed by atoms with van der Waals surface area (Å²) in [7, 11) is 0. The Bertz CT molecular complexity index is 601. The molecule has 0 aromatic carbocycles. The van der Waals surface area contributed by atoms with Gasteiger partial charge in [0.2, 0.25) is 0 Å². The molecule has 0 spiro atoms. The molecular formula is C15H14O5. The molecule has 0 aromatic rings. The first-order valence-electron chi connectivity index (χ1n) is 6.65. The summed E-state index contributed by atoms with van der Waals surface area (Å²) in [4.78, 5) is 23.8. The summed E-state index contributed by atoms with van der Waals surface area (Å²) in [5.41, 5.74) is 0.615. The van der Waals surface area contributed by atoms with Crippen LogP contribution in [0.2, 0.25) is 0 Å². The van der Waals surface area contributed by atoms with Gasteiger partial charge in [-0.25, -0.2) is 9.59 Å². The maximum atomic E-state index is 12.1. The molecule has 0 radical (unpaired) electrons. The van der Waals surface area contributed by atoms with Gasteiger partial charge in [0.1, 0.15) is 18.5 Å². The summed E-state index contributed by atoms with van der Waals surface area (Å²) in [5.74, 6) is -1.13. The number of carbonyl (C=O) groups excluding carboxylic acids is 2. The van der Waals surface area contributed by atoms with E-state index >= 15 is 0 Å². The number of rotatable bonds is 0. The first-order chi connectivity index (χ1) is 9.51. The molecule has 5 heteroatoms. The minimum atomic E-state index is -0.400. The lowest BCUT2D eigenvalue weighted by Gasteiger charge is -2.43. The molecular weight excluding hydrogens is 260 g/mol. The number of hydrogen-bond donors (Lipinski definition) is 0. The molecule has 5 nitrogen and oxygen atoms in total. The standard InChI is InChI=1S/C15H14O5/c1-7-10-9(19-13(7)16)5-15(2)3-4-18-6-8-11(15)12(10)20-14(8)17/h3-4,6,9-12H,1,5H2,2H3/t9-,10-,11+,12+,15-/m1/s1. The third-order valence-electron chi connectivity index (χ3n) is 4.89. The average Bonchev–Trinajstić information content (AvgIpc) is 2.76. The van der Waals surface area contributed by atoms with Crippen LogP contribution < -0.4 is 0 Å². The van der Waals surface area contributed by atoms with Gasteiger partial charge in [-0.3, -0.25) is 0 Å². The molecule has 104 valence electrons. The number of esters is 2. The minimum Gasteiger partial charge on any atom is -0.472 e. The van der Waals surface area contributed by atoms with E-state index in [0.717, 1.165) is 0 Å². The van der Waals surface area contributed by atoms with Gasteiger partial charge in [-0.1, -0.05) is 13.5 Å². The predicted octanol–water partition coefficient (Wildman–Crippen LogP) is 1.46. The van der Waals surface area contributed by atoms with Crippen LogP contribution in [0, 0.1) is 17.3 Å². The Kier molecular flexibility index (Phi) is 2.08. The Hall–Kier alpha value is -2.04. The van der Waals surface area contributed by atoms with Crippen molar-refractivity contribution in [1.29, 1.82) is 0 Å². The van der Waals surface area contributed by atoms with Crippen LogP contribution in [0.4, 0.5) is 0 Å². The van der Waals surface area contributed by atoms with Crippen molar-refractivity contribution in [2.75, 3.05) is 0 Å². The van der Waals surface area contributed by atoms with Crippen molar-refractivity contribution >= 4 is 11.9 Å². The van der Waals surface area contributed by atoms with E-state index in [0.29, 0.717) is 17.6 Å². The second-order valence-corrected chi connectivity index (χ2v) is 6.06. The fourth-order valence-electron chi connectivity index (χ4n) is 3.96. The van der Waals surface area contributed by atoms with Gasteiger partial charge in [-0.05, 0) is 12.5 Å². The van der Waals surface area contributed by atoms with Crippen LogP contribution in [-0.2, 0) is 23.8 Å². The van der Waals surface area contributed by atoms with Gasteiger partial charge in [-0.2, -0.15) is 0 Å². The Morgan fingerprint density at radius 3 is 2.90 bits per heavy atom. The quantitative estimate of drug-likeness (QED) is 0.494. The van der Waals surface area contributed by atoms with Gasteiger partial charge in [-0.15, -0.1) is 0 Å². The molecule has 0 N–H and O–H groups in total. The molecule has 2 saturated heterocycles. The third-order valence-corrected chi connectivity index (χ3v) is 4.89. The largest absolute Gasteiger partial charge is 0.472 e. The molecule has 3 fully saturated rings. The van der Waals surface area contributed by atoms with E-state index in [9.17, 15) is 9.59 Å². The van der Waals surface area contributed by atoms with Gasteiger partial charge in [0.15, 0.2) is 0 Å². The molecule has 0 aromatic heterocycles. The molecule has 0 amide bonds. The second-order valence-electron chi connectivity index (χ2n) is 6.06. The van der Waals surface area contributed by atoms with Crippen LogP contribution >= 0.6 is 0 Å². The van der Waals surface area contributed by atoms with E-state index in [-0.39, 0.29) is 35.3 Å². The zero-order valence-electron chi connectivity index (χ0n) is 11.0. The van der Waals surface area contributed by atoms with Crippen LogP contribution in [0.1, 0.15) is 13.3 Å². The molecule has 4 rings (SSSR count). The van der Waals surface area contributed by atoms with E-state index in [4.69, 9.17) is 14.2 Å². The van der Waals surface area contributed by atoms with Gasteiger partial charge in [0, 0.05) is 16.9 Å². The van der Waals surface area contributed by atoms with Gasteiger partial charge >= 0.3 is 11.9 Å². The predicted molar refractivity (Wildman–Crippen MR) is 66.9 cm³/mol. The van der Waals surface area contributed by atoms with E-state index in [1.165, 1.54) is 6.26 Å². The number of allylic oxidation sites excluding steroid dienone is 1. The SMILES string of the molecule is C=C1C(=O)O[C@@H]2C[C@@]3(C)C=COC=C4C(=O)O[C@@H]([C@H]12)[C@H]43. The highest BCUT2D eigenvalue weighted by atomic mass is 16.6. The first-order valence-corrected chi connectivity index (χ1v) is 6.65. The van der Waals surface area contributed by atoms with Crippen molar-refractivity contribution < 1.29 is 23.8 Å². The van der Waals surface area contributed by atoms with Crippen molar-refractivity contribution in [3.8, 4) is 0 Å². The van der Waals surface area contributed by atoms with E-state index in [1.807, 2.05) is 13.0 Å². The van der Waals surface area contributed by atoms with Crippen LogP contribution in [-0.4, -0.2) is 24.1 Å². The van der Waals surface area contributed by atoms with E-state index in [2.05, 4.69) is 6.58 Å². The Balaban J connectivity index is 1.86. The fourth-order valence-corrected chi connectivity index (χ4v) is 3.96. The molecule has 1 saturated carbocycles. The summed E-state index contributed by atoms with van der Waals surface area (Å²) in [6.07, 6.45) is 4.93. The van der Waals surface area contributed by atoms with Gasteiger partial charge in [0.05, 0.1) is 17.8 Å². The molecule has 0 unspecified atom stereocenters. The smallest absolute Gasteiger partial charge is 0.337 e. The highest BCUT2D eigenvalue weighted by Gasteiger charge is 2.62. The molecule has 3 aliphatic heterocycles. The number of hydrogen-bond acceptors (Lipinski definition) is 5. The summed E-state index contributed by atoms with van der Waals surface area (Å²) < 4.78 is 16.2. The van der Waals surface area contributed by atoms with Crippen molar-refractivity contribution in [2.45, 2.75) is 25.6 Å². The lowest BCUT2D eigenvalue weighted by molar-refractivity contribution is -0.148. The Labute approximate surface area is 115 Å². The monoisotopic (exact) mass is 274 g/mol. The summed E-state index contributed by atoms with van der Waals surface area (Å²) >= 11 is 0. The number of carbonyl (C=O) groups is 2. The van der Waals surface area contributed by atoms with Gasteiger partial charge < -0.3 is 14.2 Å². The normalized spacial score (nSPS) is 44.9. The first kappa shape index (κ1) is 11.8. The van der Waals surface area contributed by atoms with Crippen molar-refractivity contribution in [1.82, 2.24) is 0 Å². The average molecular weight is 274 g/mol. The second kappa shape index (κ2) is 3.53. The Morgan fingerprint density at radius 2 is 2.10 bits per heavy atom. The maximum absolute atomic E-state index is 12.1. The fraction of sp³-hybridized carbons (Fsp3) is 0.467. The summed E-state index contributed by atoms with van der Waals surface area (Å²) in [6.45, 7) is 5.85. The lowest BCUT2D eigenvalue weighted by Crippen LogP contribution is -2.48.